The fourth-order valence-corrected chi connectivity index (χ4v) is 5.30. The summed E-state index contributed by atoms with van der Waals surface area (Å²) < 4.78 is 39.6. The second-order valence-electron chi connectivity index (χ2n) is 10.2. The molecule has 0 bridgehead atoms. The van der Waals surface area contributed by atoms with Gasteiger partial charge in [-0.05, 0) is 62.7 Å². The van der Waals surface area contributed by atoms with Crippen molar-refractivity contribution in [2.24, 2.45) is 0 Å². The van der Waals surface area contributed by atoms with Crippen LogP contribution in [-0.4, -0.2) is 66.1 Å². The van der Waals surface area contributed by atoms with Gasteiger partial charge in [0.15, 0.2) is 0 Å². The van der Waals surface area contributed by atoms with Crippen LogP contribution >= 0.6 is 0 Å². The van der Waals surface area contributed by atoms with E-state index in [1.165, 1.54) is 12.3 Å². The van der Waals surface area contributed by atoms with E-state index in [9.17, 15) is 18.7 Å². The second kappa shape index (κ2) is 11.3. The van der Waals surface area contributed by atoms with Crippen LogP contribution in [0.3, 0.4) is 0 Å². The van der Waals surface area contributed by atoms with Gasteiger partial charge in [-0.3, -0.25) is 4.90 Å². The summed E-state index contributed by atoms with van der Waals surface area (Å²) in [6, 6.07) is 12.2. The third-order valence-corrected chi connectivity index (χ3v) is 7.60. The highest BCUT2D eigenvalue weighted by atomic mass is 19.3. The average molecular weight is 553 g/mol. The molecule has 10 nitrogen and oxygen atoms in total. The Hall–Kier alpha value is -3.90. The Morgan fingerprint density at radius 1 is 1.12 bits per heavy atom. The maximum absolute atomic E-state index is 12.7. The third-order valence-electron chi connectivity index (χ3n) is 7.60. The molecule has 2 fully saturated rings. The van der Waals surface area contributed by atoms with Crippen LogP contribution in [-0.2, 0) is 24.4 Å². The number of hydrogen-bond donors (Lipinski definition) is 1. The van der Waals surface area contributed by atoms with Crippen molar-refractivity contribution in [3.63, 3.8) is 0 Å². The van der Waals surface area contributed by atoms with Crippen LogP contribution in [0.25, 0.3) is 11.0 Å². The number of benzene rings is 1. The lowest BCUT2D eigenvalue weighted by atomic mass is 9.93. The molecule has 40 heavy (non-hydrogen) atoms. The van der Waals surface area contributed by atoms with Gasteiger partial charge in [0, 0.05) is 30.5 Å². The number of hydrogen-bond acceptors (Lipinski definition) is 7. The Balaban J connectivity index is 1.09. The summed E-state index contributed by atoms with van der Waals surface area (Å²) in [6.07, 6.45) is 4.17. The van der Waals surface area contributed by atoms with Gasteiger partial charge < -0.3 is 19.1 Å². The molecule has 0 amide bonds. The quantitative estimate of drug-likeness (QED) is 0.307. The van der Waals surface area contributed by atoms with Crippen molar-refractivity contribution >= 4 is 17.0 Å². The van der Waals surface area contributed by atoms with Gasteiger partial charge in [-0.1, -0.05) is 6.07 Å². The fourth-order valence-electron chi connectivity index (χ4n) is 5.30. The van der Waals surface area contributed by atoms with Gasteiger partial charge in [0.25, 0.3) is 0 Å². The fraction of sp³-hybridized carbons (Fsp3) is 0.429. The minimum atomic E-state index is -2.68. The Labute approximate surface area is 229 Å². The minimum absolute atomic E-state index is 0.0650. The predicted octanol–water partition coefficient (Wildman–Crippen LogP) is 4.47. The van der Waals surface area contributed by atoms with Crippen molar-refractivity contribution in [2.45, 2.75) is 57.5 Å². The van der Waals surface area contributed by atoms with E-state index in [0.717, 1.165) is 61.5 Å². The van der Waals surface area contributed by atoms with Crippen molar-refractivity contribution in [2.75, 3.05) is 19.7 Å². The number of likely N-dealkylation sites (tertiary alicyclic amines) is 1. The predicted molar refractivity (Wildman–Crippen MR) is 140 cm³/mol. The third kappa shape index (κ3) is 5.68. The largest absolute Gasteiger partial charge is 0.478 e. The zero-order chi connectivity index (χ0) is 27.6. The van der Waals surface area contributed by atoms with E-state index >= 15 is 0 Å². The molecule has 1 aromatic carbocycles. The Kier molecular flexibility index (Phi) is 7.44. The van der Waals surface area contributed by atoms with E-state index in [1.54, 1.807) is 24.3 Å². The Bertz CT molecular complexity index is 1490. The number of piperidine rings is 1. The summed E-state index contributed by atoms with van der Waals surface area (Å²) in [5.74, 6) is 0.676. The standard InChI is InChI=1S/C28H30F2N6O4/c29-28(30)36-12-8-20(33-36)17-40-26-3-1-2-22(32-26)18-6-10-34(11-7-18)16-25-31-23-5-4-19(27(37)38)14-24(23)35(25)15-21-9-13-39-21/h1-5,8,12,14,18,21,28H,6-7,9-11,13,15-17H2,(H,37,38). The summed E-state index contributed by atoms with van der Waals surface area (Å²) >= 11 is 0. The molecular weight excluding hydrogens is 522 g/mol. The van der Waals surface area contributed by atoms with Crippen molar-refractivity contribution in [3.8, 4) is 5.88 Å². The van der Waals surface area contributed by atoms with Crippen LogP contribution in [0.4, 0.5) is 8.78 Å². The molecule has 6 rings (SSSR count). The molecule has 0 spiro atoms. The van der Waals surface area contributed by atoms with E-state index in [1.807, 2.05) is 12.1 Å². The molecule has 1 N–H and O–H groups in total. The normalized spacial score (nSPS) is 18.3. The van der Waals surface area contributed by atoms with Gasteiger partial charge >= 0.3 is 12.5 Å². The molecule has 12 heteroatoms. The number of aromatic nitrogens is 5. The number of aromatic carboxylic acids is 1. The van der Waals surface area contributed by atoms with Crippen LogP contribution < -0.4 is 4.74 Å². The van der Waals surface area contributed by atoms with Gasteiger partial charge in [0.1, 0.15) is 18.1 Å². The molecule has 0 saturated carbocycles. The molecule has 0 radical (unpaired) electrons. The van der Waals surface area contributed by atoms with Crippen LogP contribution in [0.2, 0.25) is 0 Å². The van der Waals surface area contributed by atoms with Gasteiger partial charge in [-0.15, -0.1) is 0 Å². The number of carboxylic acids is 1. The molecule has 5 heterocycles. The molecule has 4 aromatic rings. The van der Waals surface area contributed by atoms with Crippen LogP contribution in [0.1, 0.15) is 59.3 Å². The highest BCUT2D eigenvalue weighted by molar-refractivity contribution is 5.92. The Morgan fingerprint density at radius 3 is 2.65 bits per heavy atom. The first-order chi connectivity index (χ1) is 19.4. The van der Waals surface area contributed by atoms with Crippen LogP contribution in [0.15, 0.2) is 48.7 Å². The van der Waals surface area contributed by atoms with Crippen molar-refractivity contribution in [1.82, 2.24) is 29.2 Å². The number of fused-ring (bicyclic) bond motifs is 1. The highest BCUT2D eigenvalue weighted by Gasteiger charge is 2.26. The van der Waals surface area contributed by atoms with E-state index in [0.29, 0.717) is 29.3 Å². The monoisotopic (exact) mass is 552 g/mol. The van der Waals surface area contributed by atoms with Gasteiger partial charge in [-0.25, -0.2) is 19.4 Å². The number of halogens is 2. The Morgan fingerprint density at radius 2 is 1.95 bits per heavy atom. The van der Waals surface area contributed by atoms with Gasteiger partial charge in [0.2, 0.25) is 5.88 Å². The van der Waals surface area contributed by atoms with E-state index in [-0.39, 0.29) is 24.2 Å². The zero-order valence-corrected chi connectivity index (χ0v) is 21.8. The summed E-state index contributed by atoms with van der Waals surface area (Å²) in [4.78, 5) is 23.5. The molecule has 210 valence electrons. The SMILES string of the molecule is O=C(O)c1ccc2nc(CN3CCC(c4cccc(OCc5ccn(C(F)F)n5)n4)CC3)n(CC3CCO3)c2c1. The summed E-state index contributed by atoms with van der Waals surface area (Å²) in [7, 11) is 0. The first-order valence-corrected chi connectivity index (χ1v) is 13.4. The lowest BCUT2D eigenvalue weighted by Gasteiger charge is -2.32. The van der Waals surface area contributed by atoms with Crippen LogP contribution in [0.5, 0.6) is 5.88 Å². The van der Waals surface area contributed by atoms with E-state index in [2.05, 4.69) is 19.5 Å². The number of rotatable bonds is 10. The first-order valence-electron chi connectivity index (χ1n) is 13.4. The van der Waals surface area contributed by atoms with Crippen LogP contribution in [0, 0.1) is 0 Å². The average Bonchev–Trinajstić information content (AvgIpc) is 3.54. The lowest BCUT2D eigenvalue weighted by Crippen LogP contribution is -2.35. The lowest BCUT2D eigenvalue weighted by molar-refractivity contribution is -0.0592. The number of pyridine rings is 1. The van der Waals surface area contributed by atoms with Gasteiger partial charge in [0.05, 0.1) is 35.8 Å². The molecule has 2 aliphatic heterocycles. The topological polar surface area (TPSA) is 108 Å². The second-order valence-corrected chi connectivity index (χ2v) is 10.2. The number of carbonyl (C=O) groups is 1. The summed E-state index contributed by atoms with van der Waals surface area (Å²) in [5.41, 5.74) is 3.22. The highest BCUT2D eigenvalue weighted by Crippen LogP contribution is 2.30. The number of ether oxygens (including phenoxy) is 2. The first kappa shape index (κ1) is 26.3. The molecule has 3 aromatic heterocycles. The zero-order valence-electron chi connectivity index (χ0n) is 21.8. The number of alkyl halides is 2. The maximum atomic E-state index is 12.7. The summed E-state index contributed by atoms with van der Waals surface area (Å²) in [5, 5.41) is 13.3. The molecular formula is C28H30F2N6O4. The smallest absolute Gasteiger partial charge is 0.335 e. The molecule has 2 saturated heterocycles. The molecule has 1 unspecified atom stereocenters. The van der Waals surface area contributed by atoms with Gasteiger partial charge in [-0.2, -0.15) is 13.9 Å². The number of imidazole rings is 1. The number of nitrogens with zero attached hydrogens (tertiary/aromatic N) is 6. The van der Waals surface area contributed by atoms with Crippen molar-refractivity contribution in [3.05, 3.63) is 71.4 Å². The molecule has 0 aliphatic carbocycles. The molecule has 2 aliphatic rings. The molecule has 1 atom stereocenters. The minimum Gasteiger partial charge on any atom is -0.478 e. The van der Waals surface area contributed by atoms with E-state index in [4.69, 9.17) is 14.5 Å². The number of carboxylic acid groups (broad SMARTS) is 1. The van der Waals surface area contributed by atoms with E-state index < -0.39 is 12.5 Å². The van der Waals surface area contributed by atoms with Crippen molar-refractivity contribution in [1.29, 1.82) is 0 Å². The summed E-state index contributed by atoms with van der Waals surface area (Å²) in [6.45, 7) is 1.20. The van der Waals surface area contributed by atoms with Crippen molar-refractivity contribution < 1.29 is 28.2 Å². The maximum Gasteiger partial charge on any atom is 0.335 e.